The first-order valence-corrected chi connectivity index (χ1v) is 12.7. The summed E-state index contributed by atoms with van der Waals surface area (Å²) in [6.07, 6.45) is 0.733. The largest absolute Gasteiger partial charge is 0.268 e. The lowest BCUT2D eigenvalue weighted by Gasteiger charge is -2.32. The third-order valence-corrected chi connectivity index (χ3v) is 7.94. The average molecular weight is 507 g/mol. The van der Waals surface area contributed by atoms with Crippen LogP contribution in [0.4, 0.5) is 11.4 Å². The molecule has 39 heavy (non-hydrogen) atoms. The molecule has 6 nitrogen and oxygen atoms in total. The van der Waals surface area contributed by atoms with E-state index in [1.807, 2.05) is 30.3 Å². The molecule has 0 N–H and O–H groups in total. The van der Waals surface area contributed by atoms with Gasteiger partial charge in [0.2, 0.25) is 0 Å². The molecule has 5 aromatic rings. The van der Waals surface area contributed by atoms with Crippen LogP contribution in [0.15, 0.2) is 97.1 Å². The predicted octanol–water partition coefficient (Wildman–Crippen LogP) is 6.01. The van der Waals surface area contributed by atoms with Crippen molar-refractivity contribution in [1.82, 2.24) is 0 Å². The monoisotopic (exact) mass is 506 g/mol. The van der Waals surface area contributed by atoms with Crippen molar-refractivity contribution >= 4 is 45.8 Å². The zero-order chi connectivity index (χ0) is 26.4. The van der Waals surface area contributed by atoms with Crippen LogP contribution in [0.2, 0.25) is 0 Å². The van der Waals surface area contributed by atoms with E-state index in [1.54, 1.807) is 54.6 Å². The molecule has 0 spiro atoms. The third kappa shape index (κ3) is 2.80. The second-order valence-electron chi connectivity index (χ2n) is 9.97. The highest BCUT2D eigenvalue weighted by Crippen LogP contribution is 2.42. The van der Waals surface area contributed by atoms with Crippen LogP contribution in [0, 0.1) is 0 Å². The lowest BCUT2D eigenvalue weighted by atomic mass is 9.85. The SMILES string of the molecule is O=C1c2ccc3c4c(ccc(c24)C(=O)N1c1ccccc1)C(=O)N(c1ccc2c(c1)Cc1ccccc1-2)C3=O. The van der Waals surface area contributed by atoms with E-state index in [1.165, 1.54) is 16.0 Å². The Balaban J connectivity index is 1.26. The van der Waals surface area contributed by atoms with Gasteiger partial charge in [-0.25, -0.2) is 9.80 Å². The number of amides is 4. The number of nitrogens with zero attached hydrogens (tertiary/aromatic N) is 2. The summed E-state index contributed by atoms with van der Waals surface area (Å²) in [6, 6.07) is 28.9. The molecular formula is C33H18N2O4. The molecule has 4 amide bonds. The van der Waals surface area contributed by atoms with E-state index < -0.39 is 23.6 Å². The molecule has 1 aliphatic carbocycles. The molecule has 3 aliphatic rings. The first-order valence-electron chi connectivity index (χ1n) is 12.7. The van der Waals surface area contributed by atoms with Gasteiger partial charge in [-0.1, -0.05) is 48.5 Å². The molecule has 0 atom stereocenters. The minimum Gasteiger partial charge on any atom is -0.268 e. The van der Waals surface area contributed by atoms with Gasteiger partial charge in [-0.15, -0.1) is 0 Å². The van der Waals surface area contributed by atoms with Crippen LogP contribution in [0.25, 0.3) is 21.9 Å². The Labute approximate surface area is 222 Å². The minimum absolute atomic E-state index is 0.290. The van der Waals surface area contributed by atoms with E-state index in [0.717, 1.165) is 22.4 Å². The molecule has 5 aromatic carbocycles. The summed E-state index contributed by atoms with van der Waals surface area (Å²) >= 11 is 0. The van der Waals surface area contributed by atoms with E-state index >= 15 is 0 Å². The Morgan fingerprint density at radius 3 is 1.46 bits per heavy atom. The van der Waals surface area contributed by atoms with E-state index in [0.29, 0.717) is 44.4 Å². The van der Waals surface area contributed by atoms with Crippen molar-refractivity contribution in [2.24, 2.45) is 0 Å². The molecule has 0 saturated carbocycles. The highest BCUT2D eigenvalue weighted by atomic mass is 16.2. The molecule has 0 radical (unpaired) electrons. The van der Waals surface area contributed by atoms with Crippen LogP contribution < -0.4 is 9.80 Å². The summed E-state index contributed by atoms with van der Waals surface area (Å²) < 4.78 is 0. The highest BCUT2D eigenvalue weighted by Gasteiger charge is 2.40. The van der Waals surface area contributed by atoms with Crippen LogP contribution in [-0.2, 0) is 6.42 Å². The number of benzene rings is 5. The Kier molecular flexibility index (Phi) is 4.22. The topological polar surface area (TPSA) is 74.8 Å². The summed E-state index contributed by atoms with van der Waals surface area (Å²) in [5, 5.41) is 0.720. The van der Waals surface area contributed by atoms with E-state index in [2.05, 4.69) is 12.1 Å². The highest BCUT2D eigenvalue weighted by molar-refractivity contribution is 6.42. The molecule has 6 heteroatoms. The van der Waals surface area contributed by atoms with E-state index in [4.69, 9.17) is 0 Å². The molecule has 0 fully saturated rings. The van der Waals surface area contributed by atoms with Gasteiger partial charge in [-0.2, -0.15) is 0 Å². The number of hydrogen-bond donors (Lipinski definition) is 0. The van der Waals surface area contributed by atoms with Crippen molar-refractivity contribution in [3.05, 3.63) is 130 Å². The van der Waals surface area contributed by atoms with Gasteiger partial charge in [0.05, 0.1) is 11.4 Å². The number of imide groups is 2. The van der Waals surface area contributed by atoms with Gasteiger partial charge in [-0.3, -0.25) is 19.2 Å². The van der Waals surface area contributed by atoms with Crippen molar-refractivity contribution in [2.45, 2.75) is 6.42 Å². The van der Waals surface area contributed by atoms with Crippen LogP contribution in [-0.4, -0.2) is 23.6 Å². The Morgan fingerprint density at radius 1 is 0.410 bits per heavy atom. The molecule has 0 unspecified atom stereocenters. The standard InChI is InChI=1S/C33H18N2O4/c36-30-24-12-14-26-29-27(15-13-25(28(24)29)31(37)34(30)20-7-2-1-3-8-20)33(39)35(32(26)38)21-10-11-23-19(17-21)16-18-6-4-5-9-22(18)23/h1-15,17H,16H2. The van der Waals surface area contributed by atoms with Crippen molar-refractivity contribution in [3.63, 3.8) is 0 Å². The normalized spacial score (nSPS) is 15.2. The predicted molar refractivity (Wildman–Crippen MR) is 147 cm³/mol. The number of para-hydroxylation sites is 1. The molecule has 2 aliphatic heterocycles. The number of fused-ring (bicyclic) bond motifs is 3. The summed E-state index contributed by atoms with van der Waals surface area (Å²) in [6.45, 7) is 0. The summed E-state index contributed by atoms with van der Waals surface area (Å²) in [7, 11) is 0. The number of rotatable bonds is 2. The van der Waals surface area contributed by atoms with Crippen molar-refractivity contribution in [2.75, 3.05) is 9.80 Å². The number of carbonyl (C=O) groups is 4. The summed E-state index contributed by atoms with van der Waals surface area (Å²) in [5.41, 5.74) is 6.67. The second kappa shape index (κ2) is 7.58. The zero-order valence-electron chi connectivity index (χ0n) is 20.5. The van der Waals surface area contributed by atoms with Crippen molar-refractivity contribution in [1.29, 1.82) is 0 Å². The van der Waals surface area contributed by atoms with Gasteiger partial charge in [0.1, 0.15) is 0 Å². The number of hydrogen-bond acceptors (Lipinski definition) is 4. The molecule has 0 saturated heterocycles. The minimum atomic E-state index is -0.483. The maximum absolute atomic E-state index is 13.8. The fraction of sp³-hybridized carbons (Fsp3) is 0.0303. The van der Waals surface area contributed by atoms with Crippen LogP contribution in [0.3, 0.4) is 0 Å². The molecule has 184 valence electrons. The smallest absolute Gasteiger partial charge is 0.265 e. The number of carbonyl (C=O) groups excluding carboxylic acids is 4. The Hall–Kier alpha value is -5.36. The fourth-order valence-corrected chi connectivity index (χ4v) is 6.19. The Morgan fingerprint density at radius 2 is 0.872 bits per heavy atom. The fourth-order valence-electron chi connectivity index (χ4n) is 6.19. The van der Waals surface area contributed by atoms with Gasteiger partial charge in [-0.05, 0) is 77.2 Å². The summed E-state index contributed by atoms with van der Waals surface area (Å²) in [4.78, 5) is 57.0. The van der Waals surface area contributed by atoms with Crippen LogP contribution in [0.1, 0.15) is 52.6 Å². The maximum atomic E-state index is 13.8. The molecule has 0 bridgehead atoms. The first-order chi connectivity index (χ1) is 19.0. The average Bonchev–Trinajstić information content (AvgIpc) is 3.33. The van der Waals surface area contributed by atoms with Crippen molar-refractivity contribution < 1.29 is 19.2 Å². The van der Waals surface area contributed by atoms with Gasteiger partial charge in [0, 0.05) is 33.0 Å². The number of anilines is 2. The van der Waals surface area contributed by atoms with Gasteiger partial charge in [0.15, 0.2) is 0 Å². The molecule has 2 heterocycles. The van der Waals surface area contributed by atoms with Crippen LogP contribution >= 0.6 is 0 Å². The molecule has 8 rings (SSSR count). The third-order valence-electron chi connectivity index (χ3n) is 7.94. The second-order valence-corrected chi connectivity index (χ2v) is 9.97. The lowest BCUT2D eigenvalue weighted by Crippen LogP contribution is -2.43. The van der Waals surface area contributed by atoms with Gasteiger partial charge >= 0.3 is 0 Å². The van der Waals surface area contributed by atoms with E-state index in [-0.39, 0.29) is 0 Å². The molecular weight excluding hydrogens is 488 g/mol. The van der Waals surface area contributed by atoms with Gasteiger partial charge < -0.3 is 0 Å². The quantitative estimate of drug-likeness (QED) is 0.270. The lowest BCUT2D eigenvalue weighted by molar-refractivity contribution is 0.0873. The van der Waals surface area contributed by atoms with Crippen LogP contribution in [0.5, 0.6) is 0 Å². The van der Waals surface area contributed by atoms with Crippen molar-refractivity contribution in [3.8, 4) is 11.1 Å². The first kappa shape index (κ1) is 21.7. The Bertz CT molecular complexity index is 1910. The maximum Gasteiger partial charge on any atom is 0.265 e. The van der Waals surface area contributed by atoms with Gasteiger partial charge in [0.25, 0.3) is 23.6 Å². The molecule has 0 aromatic heterocycles. The summed E-state index contributed by atoms with van der Waals surface area (Å²) in [5.74, 6) is -1.92. The van der Waals surface area contributed by atoms with E-state index in [9.17, 15) is 19.2 Å². The zero-order valence-corrected chi connectivity index (χ0v) is 20.5.